The highest BCUT2D eigenvalue weighted by Gasteiger charge is 2.35. The van der Waals surface area contributed by atoms with Crippen molar-refractivity contribution in [2.45, 2.75) is 6.04 Å². The Morgan fingerprint density at radius 2 is 2.05 bits per heavy atom. The number of rotatable bonds is 2. The first kappa shape index (κ1) is 13.1. The van der Waals surface area contributed by atoms with Crippen LogP contribution < -0.4 is 0 Å². The predicted octanol–water partition coefficient (Wildman–Crippen LogP) is 1.77. The molecular formula is C14H15ClN4O2. The van der Waals surface area contributed by atoms with Crippen LogP contribution in [0.5, 0.6) is 5.75 Å². The predicted molar refractivity (Wildman–Crippen MR) is 77.2 cm³/mol. The third-order valence-electron chi connectivity index (χ3n) is 4.21. The summed E-state index contributed by atoms with van der Waals surface area (Å²) in [6, 6.07) is 5.08. The van der Waals surface area contributed by atoms with Gasteiger partial charge in [-0.1, -0.05) is 16.8 Å². The quantitative estimate of drug-likeness (QED) is 0.912. The van der Waals surface area contributed by atoms with Crippen LogP contribution in [0.3, 0.4) is 0 Å². The molecule has 1 aromatic heterocycles. The van der Waals surface area contributed by atoms with Crippen LogP contribution in [-0.4, -0.2) is 57.8 Å². The number of phenolic OH excluding ortho intramolecular Hbond substituents is 1. The zero-order valence-electron chi connectivity index (χ0n) is 11.4. The summed E-state index contributed by atoms with van der Waals surface area (Å²) < 4.78 is 5.36. The maximum atomic E-state index is 9.46. The molecule has 1 aromatic carbocycles. The molecule has 4 heterocycles. The Kier molecular flexibility index (Phi) is 3.10. The summed E-state index contributed by atoms with van der Waals surface area (Å²) in [5, 5.41) is 13.9. The number of halogens is 1. The van der Waals surface area contributed by atoms with Crippen molar-refractivity contribution in [2.75, 3.05) is 32.7 Å². The van der Waals surface area contributed by atoms with Gasteiger partial charge >= 0.3 is 0 Å². The zero-order valence-corrected chi connectivity index (χ0v) is 12.1. The molecule has 21 heavy (non-hydrogen) atoms. The highest BCUT2D eigenvalue weighted by atomic mass is 35.5. The van der Waals surface area contributed by atoms with E-state index >= 15 is 0 Å². The maximum Gasteiger partial charge on any atom is 0.258 e. The van der Waals surface area contributed by atoms with Gasteiger partial charge in [-0.05, 0) is 18.2 Å². The van der Waals surface area contributed by atoms with Gasteiger partial charge in [0.05, 0.1) is 11.1 Å². The summed E-state index contributed by atoms with van der Waals surface area (Å²) in [6.07, 6.45) is 0. The summed E-state index contributed by atoms with van der Waals surface area (Å²) in [7, 11) is 0. The fourth-order valence-electron chi connectivity index (χ4n) is 2.99. The van der Waals surface area contributed by atoms with Gasteiger partial charge < -0.3 is 9.63 Å². The lowest BCUT2D eigenvalue weighted by atomic mass is 10.1. The van der Waals surface area contributed by atoms with Crippen molar-refractivity contribution in [2.24, 2.45) is 0 Å². The van der Waals surface area contributed by atoms with E-state index < -0.39 is 0 Å². The summed E-state index contributed by atoms with van der Waals surface area (Å²) >= 11 is 5.92. The first-order chi connectivity index (χ1) is 10.2. The van der Waals surface area contributed by atoms with Crippen LogP contribution >= 0.6 is 11.6 Å². The van der Waals surface area contributed by atoms with Crippen LogP contribution in [0.15, 0.2) is 22.7 Å². The monoisotopic (exact) mass is 306 g/mol. The number of nitrogens with zero attached hydrogens (tertiary/aromatic N) is 4. The van der Waals surface area contributed by atoms with E-state index in [1.807, 2.05) is 0 Å². The Labute approximate surface area is 126 Å². The van der Waals surface area contributed by atoms with Crippen LogP contribution in [0.25, 0.3) is 11.5 Å². The number of aromatic nitrogens is 2. The average Bonchev–Trinajstić information content (AvgIpc) is 3.01. The largest absolute Gasteiger partial charge is 0.506 e. The lowest BCUT2D eigenvalue weighted by molar-refractivity contribution is 0.00781. The second kappa shape index (κ2) is 4.98. The first-order valence-electron chi connectivity index (χ1n) is 6.99. The van der Waals surface area contributed by atoms with Gasteiger partial charge in [0.25, 0.3) is 5.89 Å². The number of phenols is 1. The topological polar surface area (TPSA) is 65.6 Å². The van der Waals surface area contributed by atoms with Gasteiger partial charge in [-0.3, -0.25) is 9.80 Å². The molecule has 2 aromatic rings. The van der Waals surface area contributed by atoms with Crippen molar-refractivity contribution in [1.82, 2.24) is 19.9 Å². The Morgan fingerprint density at radius 3 is 2.71 bits per heavy atom. The van der Waals surface area contributed by atoms with Crippen LogP contribution in [0.4, 0.5) is 0 Å². The van der Waals surface area contributed by atoms with Crippen LogP contribution in [0.1, 0.15) is 11.9 Å². The number of fused-ring (bicyclic) bond motifs is 3. The Balaban J connectivity index is 1.62. The first-order valence-corrected chi connectivity index (χ1v) is 7.37. The van der Waals surface area contributed by atoms with Crippen molar-refractivity contribution in [3.8, 4) is 17.2 Å². The summed E-state index contributed by atoms with van der Waals surface area (Å²) in [5.41, 5.74) is 0.716. The van der Waals surface area contributed by atoms with Gasteiger partial charge in [0.2, 0.25) is 0 Å². The molecule has 5 rings (SSSR count). The Bertz CT molecular complexity index is 667. The van der Waals surface area contributed by atoms with Gasteiger partial charge in [0.15, 0.2) is 5.82 Å². The second-order valence-electron chi connectivity index (χ2n) is 5.48. The van der Waals surface area contributed by atoms with Crippen molar-refractivity contribution in [3.63, 3.8) is 0 Å². The lowest BCUT2D eigenvalue weighted by Crippen LogP contribution is -2.57. The SMILES string of the molecule is Oc1ccc(-c2nc(C3CN4CCN3CC4)no2)cc1Cl. The standard InChI is InChI=1S/C14H15ClN4O2/c15-10-7-9(1-2-12(10)20)14-16-13(17-21-14)11-8-18-3-5-19(11)6-4-18/h1-2,7,11,20H,3-6,8H2. The van der Waals surface area contributed by atoms with E-state index in [-0.39, 0.29) is 16.8 Å². The van der Waals surface area contributed by atoms with Crippen LogP contribution in [0, 0.1) is 0 Å². The summed E-state index contributed by atoms with van der Waals surface area (Å²) in [6.45, 7) is 5.30. The van der Waals surface area contributed by atoms with Gasteiger partial charge in [0, 0.05) is 38.3 Å². The van der Waals surface area contributed by atoms with Crippen molar-refractivity contribution in [1.29, 1.82) is 0 Å². The number of benzene rings is 1. The Hall–Kier alpha value is -1.63. The van der Waals surface area contributed by atoms with Gasteiger partial charge in [-0.2, -0.15) is 4.98 Å². The number of hydrogen-bond donors (Lipinski definition) is 1. The zero-order chi connectivity index (χ0) is 14.4. The molecule has 0 amide bonds. The molecular weight excluding hydrogens is 292 g/mol. The minimum atomic E-state index is 0.0451. The van der Waals surface area contributed by atoms with Gasteiger partial charge in [0.1, 0.15) is 5.75 Å². The second-order valence-corrected chi connectivity index (χ2v) is 5.88. The average molecular weight is 307 g/mol. The van der Waals surface area contributed by atoms with E-state index in [0.29, 0.717) is 11.5 Å². The smallest absolute Gasteiger partial charge is 0.258 e. The number of hydrogen-bond acceptors (Lipinski definition) is 6. The molecule has 0 radical (unpaired) electrons. The van der Waals surface area contributed by atoms with E-state index in [2.05, 4.69) is 19.9 Å². The van der Waals surface area contributed by atoms with Crippen molar-refractivity contribution >= 4 is 11.6 Å². The van der Waals surface area contributed by atoms with E-state index in [4.69, 9.17) is 16.1 Å². The molecule has 1 atom stereocenters. The third-order valence-corrected chi connectivity index (χ3v) is 4.52. The highest BCUT2D eigenvalue weighted by molar-refractivity contribution is 6.32. The molecule has 1 unspecified atom stereocenters. The molecule has 7 heteroatoms. The van der Waals surface area contributed by atoms with Crippen molar-refractivity contribution in [3.05, 3.63) is 29.0 Å². The molecule has 3 saturated heterocycles. The maximum absolute atomic E-state index is 9.46. The highest BCUT2D eigenvalue weighted by Crippen LogP contribution is 2.31. The van der Waals surface area contributed by atoms with Gasteiger partial charge in [-0.15, -0.1) is 0 Å². The fourth-order valence-corrected chi connectivity index (χ4v) is 3.17. The van der Waals surface area contributed by atoms with E-state index in [0.717, 1.165) is 38.5 Å². The molecule has 110 valence electrons. The minimum Gasteiger partial charge on any atom is -0.506 e. The molecule has 3 aliphatic heterocycles. The molecule has 0 aliphatic carbocycles. The van der Waals surface area contributed by atoms with Crippen LogP contribution in [-0.2, 0) is 0 Å². The van der Waals surface area contributed by atoms with Gasteiger partial charge in [-0.25, -0.2) is 0 Å². The third kappa shape index (κ3) is 2.29. The summed E-state index contributed by atoms with van der Waals surface area (Å²) in [4.78, 5) is 9.34. The molecule has 3 aliphatic rings. The van der Waals surface area contributed by atoms with Crippen LogP contribution in [0.2, 0.25) is 5.02 Å². The summed E-state index contributed by atoms with van der Waals surface area (Å²) in [5.74, 6) is 1.20. The number of piperazine rings is 3. The fraction of sp³-hybridized carbons (Fsp3) is 0.429. The molecule has 3 fully saturated rings. The van der Waals surface area contributed by atoms with E-state index in [1.165, 1.54) is 6.07 Å². The molecule has 0 spiro atoms. The van der Waals surface area contributed by atoms with E-state index in [1.54, 1.807) is 12.1 Å². The molecule has 0 saturated carbocycles. The molecule has 1 N–H and O–H groups in total. The number of aromatic hydroxyl groups is 1. The Morgan fingerprint density at radius 1 is 1.24 bits per heavy atom. The molecule has 6 nitrogen and oxygen atoms in total. The van der Waals surface area contributed by atoms with E-state index in [9.17, 15) is 5.11 Å². The minimum absolute atomic E-state index is 0.0451. The normalized spacial score (nSPS) is 28.0. The molecule has 2 bridgehead atoms. The lowest BCUT2D eigenvalue weighted by Gasteiger charge is -2.46. The van der Waals surface area contributed by atoms with Crippen molar-refractivity contribution < 1.29 is 9.63 Å².